The molecule has 7 aromatic rings. The van der Waals surface area contributed by atoms with Crippen LogP contribution in [0.15, 0.2) is 133 Å². The lowest BCUT2D eigenvalue weighted by Crippen LogP contribution is -2.65. The predicted molar refractivity (Wildman–Crippen MR) is 220 cm³/mol. The summed E-state index contributed by atoms with van der Waals surface area (Å²) in [4.78, 5) is 31.1. The number of benzene rings is 5. The first-order valence-electron chi connectivity index (χ1n) is 20.6. The fourth-order valence-corrected chi connectivity index (χ4v) is 11.4. The van der Waals surface area contributed by atoms with Gasteiger partial charge in [0.2, 0.25) is 0 Å². The molecule has 6 heteroatoms. The third-order valence-electron chi connectivity index (χ3n) is 14.1. The molecule has 5 aliphatic carbocycles. The Kier molecular flexibility index (Phi) is 7.42. The maximum absolute atomic E-state index is 5.33. The number of rotatable bonds is 8. The quantitative estimate of drug-likeness (QED) is 0.155. The largest absolute Gasteiger partial charge is 0.208 e. The SMILES string of the molecule is c1ccc(-c2nc(-c3ccccc3)nc(-c3cc(-c4nc(-c5ccccc5)nc(-c5cccc(C6C7CC8CC6C87)c5)n4)cc(C4CC5CCC4C5)c3)n2)cc1. The highest BCUT2D eigenvalue weighted by Crippen LogP contribution is 2.75. The van der Waals surface area contributed by atoms with Gasteiger partial charge in [0.05, 0.1) is 0 Å². The molecule has 2 bridgehead atoms. The fraction of sp³-hybridized carbons (Fsp3) is 0.280. The molecule has 5 saturated carbocycles. The van der Waals surface area contributed by atoms with Gasteiger partial charge in [-0.15, -0.1) is 0 Å². The van der Waals surface area contributed by atoms with Crippen LogP contribution >= 0.6 is 0 Å². The highest BCUT2D eigenvalue weighted by atomic mass is 15.0. The molecule has 12 rings (SSSR count). The summed E-state index contributed by atoms with van der Waals surface area (Å²) < 4.78 is 0. The van der Waals surface area contributed by atoms with Crippen LogP contribution in [0.5, 0.6) is 0 Å². The van der Waals surface area contributed by atoms with E-state index in [-0.39, 0.29) is 0 Å². The Hall–Kier alpha value is -5.88. The van der Waals surface area contributed by atoms with Crippen molar-refractivity contribution in [1.82, 2.24) is 29.9 Å². The summed E-state index contributed by atoms with van der Waals surface area (Å²) in [7, 11) is 0. The van der Waals surface area contributed by atoms with Gasteiger partial charge in [-0.3, -0.25) is 0 Å². The number of hydrogen-bond donors (Lipinski definition) is 0. The Balaban J connectivity index is 1.03. The van der Waals surface area contributed by atoms with E-state index in [4.69, 9.17) is 29.9 Å². The second-order valence-electron chi connectivity index (χ2n) is 17.1. The van der Waals surface area contributed by atoms with Crippen LogP contribution in [0.25, 0.3) is 68.3 Å². The summed E-state index contributed by atoms with van der Waals surface area (Å²) in [6.07, 6.45) is 8.01. The number of hydrogen-bond acceptors (Lipinski definition) is 6. The second kappa shape index (κ2) is 12.8. The highest BCUT2D eigenvalue weighted by Gasteiger charge is 2.67. The number of nitrogens with zero attached hydrogens (tertiary/aromatic N) is 6. The van der Waals surface area contributed by atoms with E-state index in [0.717, 1.165) is 68.8 Å². The zero-order valence-electron chi connectivity index (χ0n) is 31.2. The maximum atomic E-state index is 5.33. The molecule has 2 aromatic heterocycles. The molecule has 0 radical (unpaired) electrons. The maximum Gasteiger partial charge on any atom is 0.164 e. The third-order valence-corrected chi connectivity index (χ3v) is 14.1. The van der Waals surface area contributed by atoms with Crippen LogP contribution in [0.3, 0.4) is 0 Å². The molecule has 0 aliphatic heterocycles. The molecule has 0 spiro atoms. The highest BCUT2D eigenvalue weighted by molar-refractivity contribution is 5.73. The van der Waals surface area contributed by atoms with Crippen LogP contribution in [0.1, 0.15) is 61.5 Å². The van der Waals surface area contributed by atoms with Gasteiger partial charge in [-0.1, -0.05) is 116 Å². The molecule has 0 N–H and O–H groups in total. The van der Waals surface area contributed by atoms with E-state index in [1.165, 1.54) is 49.7 Å². The number of fused-ring (bicyclic) bond motifs is 2. The Labute approximate surface area is 327 Å². The van der Waals surface area contributed by atoms with Gasteiger partial charge in [0.1, 0.15) is 0 Å². The van der Waals surface area contributed by atoms with Crippen molar-refractivity contribution in [3.05, 3.63) is 145 Å². The summed E-state index contributed by atoms with van der Waals surface area (Å²) in [5.74, 6) is 10.5. The Morgan fingerprint density at radius 2 is 0.821 bits per heavy atom. The van der Waals surface area contributed by atoms with E-state index >= 15 is 0 Å². The van der Waals surface area contributed by atoms with E-state index in [2.05, 4.69) is 91.0 Å². The molecule has 2 heterocycles. The van der Waals surface area contributed by atoms with Crippen molar-refractivity contribution in [3.63, 3.8) is 0 Å². The molecule has 5 aromatic carbocycles. The van der Waals surface area contributed by atoms with Gasteiger partial charge in [-0.05, 0) is 115 Å². The molecular weight excluding hydrogens is 685 g/mol. The lowest BCUT2D eigenvalue weighted by molar-refractivity contribution is -0.214. The first-order valence-corrected chi connectivity index (χ1v) is 20.6. The average Bonchev–Trinajstić information content (AvgIpc) is 3.92. The molecule has 5 atom stereocenters. The van der Waals surface area contributed by atoms with Crippen molar-refractivity contribution >= 4 is 0 Å². The zero-order valence-corrected chi connectivity index (χ0v) is 31.2. The topological polar surface area (TPSA) is 77.3 Å². The molecule has 272 valence electrons. The molecule has 6 nitrogen and oxygen atoms in total. The van der Waals surface area contributed by atoms with Crippen molar-refractivity contribution in [2.45, 2.75) is 50.4 Å². The van der Waals surface area contributed by atoms with Gasteiger partial charge in [-0.2, -0.15) is 0 Å². The summed E-state index contributed by atoms with van der Waals surface area (Å²) in [5.41, 5.74) is 8.67. The van der Waals surface area contributed by atoms with Gasteiger partial charge in [0.25, 0.3) is 0 Å². The van der Waals surface area contributed by atoms with Crippen molar-refractivity contribution in [1.29, 1.82) is 0 Å². The molecule has 0 saturated heterocycles. The van der Waals surface area contributed by atoms with Crippen LogP contribution in [0.4, 0.5) is 0 Å². The standard InChI is InChI=1S/C50H42N6/c1-4-11-30(12-5-1)45-51-46(31-13-6-2-7-14-31)54-49(53-45)38-24-36(40-22-29-19-20-33(40)21-29)25-39(26-38)50-55-47(32-15-8-3-9-16-32)52-48(56-50)35-18-10-17-34(23-35)43-41-27-37-28-42(43)44(37)41/h1-18,23-26,29,33,37,40-44H,19-22,27-28H2. The molecule has 5 unspecified atom stereocenters. The van der Waals surface area contributed by atoms with Crippen LogP contribution in [-0.2, 0) is 0 Å². The summed E-state index contributed by atoms with van der Waals surface area (Å²) in [5, 5.41) is 0. The van der Waals surface area contributed by atoms with Crippen LogP contribution < -0.4 is 0 Å². The van der Waals surface area contributed by atoms with Gasteiger partial charge < -0.3 is 0 Å². The Morgan fingerprint density at radius 1 is 0.357 bits per heavy atom. The monoisotopic (exact) mass is 726 g/mol. The van der Waals surface area contributed by atoms with E-state index in [9.17, 15) is 0 Å². The zero-order chi connectivity index (χ0) is 36.7. The molecule has 5 fully saturated rings. The van der Waals surface area contributed by atoms with Gasteiger partial charge in [0.15, 0.2) is 34.9 Å². The van der Waals surface area contributed by atoms with Gasteiger partial charge in [0, 0.05) is 33.4 Å². The number of aromatic nitrogens is 6. The minimum absolute atomic E-state index is 0.493. The minimum atomic E-state index is 0.493. The fourth-order valence-electron chi connectivity index (χ4n) is 11.4. The minimum Gasteiger partial charge on any atom is -0.208 e. The summed E-state index contributed by atoms with van der Waals surface area (Å²) >= 11 is 0. The molecule has 0 amide bonds. The third kappa shape index (κ3) is 5.36. The van der Waals surface area contributed by atoms with E-state index in [0.29, 0.717) is 46.9 Å². The van der Waals surface area contributed by atoms with E-state index in [1.807, 2.05) is 42.5 Å². The first kappa shape index (κ1) is 32.4. The van der Waals surface area contributed by atoms with E-state index < -0.39 is 0 Å². The van der Waals surface area contributed by atoms with Crippen LogP contribution in [-0.4, -0.2) is 29.9 Å². The predicted octanol–water partition coefficient (Wildman–Crippen LogP) is 11.3. The van der Waals surface area contributed by atoms with Crippen molar-refractivity contribution in [2.24, 2.45) is 35.5 Å². The van der Waals surface area contributed by atoms with Gasteiger partial charge >= 0.3 is 0 Å². The Bertz CT molecular complexity index is 2540. The Morgan fingerprint density at radius 3 is 1.27 bits per heavy atom. The molecular formula is C50H42N6. The van der Waals surface area contributed by atoms with E-state index in [1.54, 1.807) is 0 Å². The smallest absolute Gasteiger partial charge is 0.164 e. The molecule has 5 aliphatic rings. The van der Waals surface area contributed by atoms with Crippen molar-refractivity contribution in [3.8, 4) is 68.3 Å². The first-order chi connectivity index (χ1) is 27.7. The lowest BCUT2D eigenvalue weighted by Gasteiger charge is -2.73. The second-order valence-corrected chi connectivity index (χ2v) is 17.1. The van der Waals surface area contributed by atoms with Crippen molar-refractivity contribution in [2.75, 3.05) is 0 Å². The average molecular weight is 727 g/mol. The summed E-state index contributed by atoms with van der Waals surface area (Å²) in [6, 6.07) is 46.8. The van der Waals surface area contributed by atoms with Crippen molar-refractivity contribution < 1.29 is 0 Å². The van der Waals surface area contributed by atoms with Gasteiger partial charge in [-0.25, -0.2) is 29.9 Å². The van der Waals surface area contributed by atoms with Crippen LogP contribution in [0.2, 0.25) is 0 Å². The summed E-state index contributed by atoms with van der Waals surface area (Å²) in [6.45, 7) is 0. The van der Waals surface area contributed by atoms with Crippen LogP contribution in [0, 0.1) is 35.5 Å². The normalized spacial score (nSPS) is 26.5. The molecule has 56 heavy (non-hydrogen) atoms. The lowest BCUT2D eigenvalue weighted by atomic mass is 9.31.